The van der Waals surface area contributed by atoms with E-state index in [2.05, 4.69) is 10.6 Å². The van der Waals surface area contributed by atoms with E-state index in [1.54, 1.807) is 25.1 Å². The third kappa shape index (κ3) is 5.10. The Morgan fingerprint density at radius 2 is 1.79 bits per heavy atom. The molecule has 0 radical (unpaired) electrons. The molecular formula is C14H22N4O5S. The van der Waals surface area contributed by atoms with Crippen molar-refractivity contribution in [1.29, 1.82) is 0 Å². The van der Waals surface area contributed by atoms with E-state index < -0.39 is 22.0 Å². The van der Waals surface area contributed by atoms with E-state index in [1.807, 2.05) is 0 Å². The number of anilines is 2. The van der Waals surface area contributed by atoms with Gasteiger partial charge in [-0.15, -0.1) is 0 Å². The van der Waals surface area contributed by atoms with Crippen LogP contribution in [0.25, 0.3) is 0 Å². The summed E-state index contributed by atoms with van der Waals surface area (Å²) >= 11 is 0. The van der Waals surface area contributed by atoms with Crippen LogP contribution in [0.15, 0.2) is 23.1 Å². The number of carbonyl (C=O) groups is 2. The van der Waals surface area contributed by atoms with Gasteiger partial charge >= 0.3 is 12.0 Å². The number of hydrogen-bond acceptors (Lipinski definition) is 5. The Balaban J connectivity index is 3.06. The first-order chi connectivity index (χ1) is 11.1. The van der Waals surface area contributed by atoms with Gasteiger partial charge in [-0.05, 0) is 18.2 Å². The average Bonchev–Trinajstić information content (AvgIpc) is 2.46. The number of aliphatic carboxylic acids is 1. The summed E-state index contributed by atoms with van der Waals surface area (Å²) in [6, 6.07) is 3.79. The molecule has 0 heterocycles. The van der Waals surface area contributed by atoms with Gasteiger partial charge in [0, 0.05) is 34.7 Å². The van der Waals surface area contributed by atoms with Gasteiger partial charge in [-0.2, -0.15) is 0 Å². The second-order valence-electron chi connectivity index (χ2n) is 5.39. The zero-order valence-corrected chi connectivity index (χ0v) is 14.8. The van der Waals surface area contributed by atoms with Crippen LogP contribution in [0.5, 0.6) is 0 Å². The zero-order chi connectivity index (χ0) is 18.5. The van der Waals surface area contributed by atoms with E-state index in [-0.39, 0.29) is 17.9 Å². The summed E-state index contributed by atoms with van der Waals surface area (Å²) in [5, 5.41) is 13.5. The highest BCUT2D eigenvalue weighted by atomic mass is 32.2. The molecule has 134 valence electrons. The maximum atomic E-state index is 12.2. The summed E-state index contributed by atoms with van der Waals surface area (Å²) in [5.74, 6) is -1.02. The van der Waals surface area contributed by atoms with Gasteiger partial charge in [0.25, 0.3) is 0 Å². The van der Waals surface area contributed by atoms with Gasteiger partial charge < -0.3 is 20.6 Å². The number of nitrogens with zero attached hydrogens (tertiary/aromatic N) is 2. The molecule has 0 aliphatic carbocycles. The molecule has 0 saturated carbocycles. The lowest BCUT2D eigenvalue weighted by Gasteiger charge is -2.20. The minimum atomic E-state index is -3.64. The quantitative estimate of drug-likeness (QED) is 0.657. The van der Waals surface area contributed by atoms with Gasteiger partial charge in [0.1, 0.15) is 0 Å². The normalized spacial score (nSPS) is 11.2. The molecule has 0 aliphatic rings. The Kier molecular flexibility index (Phi) is 6.55. The molecular weight excluding hydrogens is 336 g/mol. The monoisotopic (exact) mass is 358 g/mol. The lowest BCUT2D eigenvalue weighted by Crippen LogP contribution is -2.31. The number of urea groups is 1. The second-order valence-corrected chi connectivity index (χ2v) is 7.54. The summed E-state index contributed by atoms with van der Waals surface area (Å²) in [5.41, 5.74) is 0.914. The zero-order valence-electron chi connectivity index (χ0n) is 14.0. The number of hydrogen-bond donors (Lipinski definition) is 3. The summed E-state index contributed by atoms with van der Waals surface area (Å²) < 4.78 is 25.5. The SMILES string of the molecule is CN(C)c1ccc(S(=O)(=O)N(C)C)cc1NC(=O)NCCC(=O)O. The Morgan fingerprint density at radius 1 is 1.17 bits per heavy atom. The Hall–Kier alpha value is -2.33. The fourth-order valence-electron chi connectivity index (χ4n) is 1.83. The van der Waals surface area contributed by atoms with Crippen LogP contribution in [0.3, 0.4) is 0 Å². The number of carbonyl (C=O) groups excluding carboxylic acids is 1. The van der Waals surface area contributed by atoms with E-state index in [4.69, 9.17) is 5.11 Å². The molecule has 1 aromatic rings. The number of carboxylic acids is 1. The van der Waals surface area contributed by atoms with Crippen molar-refractivity contribution in [3.63, 3.8) is 0 Å². The van der Waals surface area contributed by atoms with Crippen molar-refractivity contribution in [3.8, 4) is 0 Å². The summed E-state index contributed by atoms with van der Waals surface area (Å²) in [4.78, 5) is 24.1. The van der Waals surface area contributed by atoms with Crippen LogP contribution in [-0.4, -0.2) is 64.6 Å². The summed E-state index contributed by atoms with van der Waals surface area (Å²) in [6.07, 6.45) is -0.205. The molecule has 0 bridgehead atoms. The maximum absolute atomic E-state index is 12.2. The first kappa shape index (κ1) is 19.7. The highest BCUT2D eigenvalue weighted by Crippen LogP contribution is 2.28. The highest BCUT2D eigenvalue weighted by molar-refractivity contribution is 7.89. The van der Waals surface area contributed by atoms with E-state index in [0.29, 0.717) is 11.4 Å². The number of carboxylic acid groups (broad SMARTS) is 1. The molecule has 10 heteroatoms. The van der Waals surface area contributed by atoms with E-state index in [9.17, 15) is 18.0 Å². The Labute approximate surface area is 141 Å². The molecule has 9 nitrogen and oxygen atoms in total. The molecule has 24 heavy (non-hydrogen) atoms. The Bertz CT molecular complexity index is 716. The van der Waals surface area contributed by atoms with Gasteiger partial charge in [-0.1, -0.05) is 0 Å². The largest absolute Gasteiger partial charge is 0.481 e. The molecule has 0 aromatic heterocycles. The predicted molar refractivity (Wildman–Crippen MR) is 90.9 cm³/mol. The molecule has 1 aromatic carbocycles. The van der Waals surface area contributed by atoms with Crippen LogP contribution in [0.2, 0.25) is 0 Å². The first-order valence-corrected chi connectivity index (χ1v) is 8.50. The van der Waals surface area contributed by atoms with Crippen molar-refractivity contribution in [3.05, 3.63) is 18.2 Å². The number of sulfonamides is 1. The average molecular weight is 358 g/mol. The molecule has 0 unspecified atom stereocenters. The predicted octanol–water partition coefficient (Wildman–Crippen LogP) is 0.599. The molecule has 1 rings (SSSR count). The van der Waals surface area contributed by atoms with E-state index in [0.717, 1.165) is 4.31 Å². The molecule has 0 aliphatic heterocycles. The number of rotatable bonds is 7. The third-order valence-electron chi connectivity index (χ3n) is 3.10. The lowest BCUT2D eigenvalue weighted by molar-refractivity contribution is -0.136. The van der Waals surface area contributed by atoms with Crippen LogP contribution in [0, 0.1) is 0 Å². The molecule has 0 spiro atoms. The van der Waals surface area contributed by atoms with Gasteiger partial charge in [-0.3, -0.25) is 4.79 Å². The summed E-state index contributed by atoms with van der Waals surface area (Å²) in [6.45, 7) is -0.0336. The van der Waals surface area contributed by atoms with Gasteiger partial charge in [0.2, 0.25) is 10.0 Å². The van der Waals surface area contributed by atoms with Crippen molar-refractivity contribution in [2.24, 2.45) is 0 Å². The first-order valence-electron chi connectivity index (χ1n) is 7.06. The van der Waals surface area contributed by atoms with Crippen molar-refractivity contribution in [2.45, 2.75) is 11.3 Å². The van der Waals surface area contributed by atoms with Crippen LogP contribution in [0.4, 0.5) is 16.2 Å². The molecule has 0 saturated heterocycles. The topological polar surface area (TPSA) is 119 Å². The van der Waals surface area contributed by atoms with Crippen LogP contribution in [0.1, 0.15) is 6.42 Å². The smallest absolute Gasteiger partial charge is 0.319 e. The fraction of sp³-hybridized carbons (Fsp3) is 0.429. The maximum Gasteiger partial charge on any atom is 0.319 e. The highest BCUT2D eigenvalue weighted by Gasteiger charge is 2.20. The number of benzene rings is 1. The van der Waals surface area contributed by atoms with E-state index >= 15 is 0 Å². The molecule has 0 fully saturated rings. The van der Waals surface area contributed by atoms with Crippen molar-refractivity contribution < 1.29 is 23.1 Å². The molecule has 2 amide bonds. The van der Waals surface area contributed by atoms with Gasteiger partial charge in [0.05, 0.1) is 22.7 Å². The summed E-state index contributed by atoms with van der Waals surface area (Å²) in [7, 11) is 2.70. The van der Waals surface area contributed by atoms with Crippen molar-refractivity contribution in [1.82, 2.24) is 9.62 Å². The standard InChI is InChI=1S/C14H22N4O5S/c1-17(2)12-6-5-10(24(22,23)18(3)4)9-11(12)16-14(21)15-8-7-13(19)20/h5-6,9H,7-8H2,1-4H3,(H,19,20)(H2,15,16,21). The van der Waals surface area contributed by atoms with Crippen LogP contribution in [-0.2, 0) is 14.8 Å². The second kappa shape index (κ2) is 7.97. The Morgan fingerprint density at radius 3 is 2.29 bits per heavy atom. The minimum Gasteiger partial charge on any atom is -0.481 e. The molecule has 0 atom stereocenters. The van der Waals surface area contributed by atoms with Crippen molar-refractivity contribution >= 4 is 33.4 Å². The fourth-order valence-corrected chi connectivity index (χ4v) is 2.75. The van der Waals surface area contributed by atoms with Gasteiger partial charge in [0.15, 0.2) is 0 Å². The lowest BCUT2D eigenvalue weighted by atomic mass is 10.2. The van der Waals surface area contributed by atoms with Gasteiger partial charge in [-0.25, -0.2) is 17.5 Å². The van der Waals surface area contributed by atoms with Crippen molar-refractivity contribution in [2.75, 3.05) is 45.0 Å². The van der Waals surface area contributed by atoms with Crippen LogP contribution >= 0.6 is 0 Å². The number of nitrogens with one attached hydrogen (secondary N) is 2. The third-order valence-corrected chi connectivity index (χ3v) is 4.91. The van der Waals surface area contributed by atoms with E-state index in [1.165, 1.54) is 26.2 Å². The van der Waals surface area contributed by atoms with Crippen LogP contribution < -0.4 is 15.5 Å². The number of amides is 2. The molecule has 3 N–H and O–H groups in total. The minimum absolute atomic E-state index is 0.0336.